The number of allylic oxidation sites excluding steroid dienone is 1. The number of sulfonamides is 1. The molecule has 3 rings (SSSR count). The average Bonchev–Trinajstić information content (AvgIpc) is 2.60. The highest BCUT2D eigenvalue weighted by atomic mass is 32.2. The molecule has 0 saturated heterocycles. The SMILES string of the molecule is CC(=O)Nc1cccc(C(C)NS(=O)(=O)C2=Cc3ccccc3CC2)c1. The van der Waals surface area contributed by atoms with Crippen molar-refractivity contribution in [3.63, 3.8) is 0 Å². The summed E-state index contributed by atoms with van der Waals surface area (Å²) >= 11 is 0. The summed E-state index contributed by atoms with van der Waals surface area (Å²) in [5.74, 6) is -0.165. The Bertz CT molecular complexity index is 965. The van der Waals surface area contributed by atoms with Crippen LogP contribution in [0.3, 0.4) is 0 Å². The zero-order chi connectivity index (χ0) is 18.7. The topological polar surface area (TPSA) is 75.3 Å². The van der Waals surface area contributed by atoms with Gasteiger partial charge in [-0.25, -0.2) is 13.1 Å². The van der Waals surface area contributed by atoms with Crippen LogP contribution in [0, 0.1) is 0 Å². The lowest BCUT2D eigenvalue weighted by molar-refractivity contribution is -0.114. The Morgan fingerprint density at radius 1 is 1.08 bits per heavy atom. The van der Waals surface area contributed by atoms with E-state index >= 15 is 0 Å². The Morgan fingerprint density at radius 3 is 2.62 bits per heavy atom. The van der Waals surface area contributed by atoms with Crippen LogP contribution in [-0.4, -0.2) is 14.3 Å². The Balaban J connectivity index is 1.80. The van der Waals surface area contributed by atoms with Gasteiger partial charge in [0.05, 0.1) is 4.91 Å². The number of carbonyl (C=O) groups excluding carboxylic acids is 1. The number of benzene rings is 2. The van der Waals surface area contributed by atoms with Crippen molar-refractivity contribution in [2.75, 3.05) is 5.32 Å². The Labute approximate surface area is 154 Å². The standard InChI is InChI=1S/C20H22N2O3S/c1-14(17-8-5-9-19(12-17)21-15(2)23)22-26(24,25)20-11-10-16-6-3-4-7-18(16)13-20/h3-9,12-14,22H,10-11H2,1-2H3,(H,21,23). The van der Waals surface area contributed by atoms with E-state index in [9.17, 15) is 13.2 Å². The number of hydrogen-bond acceptors (Lipinski definition) is 3. The van der Waals surface area contributed by atoms with Gasteiger partial charge in [-0.15, -0.1) is 0 Å². The Hall–Kier alpha value is -2.44. The van der Waals surface area contributed by atoms with Gasteiger partial charge in [-0.1, -0.05) is 36.4 Å². The van der Waals surface area contributed by atoms with E-state index in [1.54, 1.807) is 31.2 Å². The van der Waals surface area contributed by atoms with Gasteiger partial charge in [-0.2, -0.15) is 0 Å². The van der Waals surface area contributed by atoms with Crippen molar-refractivity contribution in [3.05, 3.63) is 70.1 Å². The fraction of sp³-hybridized carbons (Fsp3) is 0.250. The largest absolute Gasteiger partial charge is 0.326 e. The predicted molar refractivity (Wildman–Crippen MR) is 104 cm³/mol. The molecule has 2 N–H and O–H groups in total. The second kappa shape index (κ2) is 7.43. The fourth-order valence-electron chi connectivity index (χ4n) is 3.08. The minimum Gasteiger partial charge on any atom is -0.326 e. The summed E-state index contributed by atoms with van der Waals surface area (Å²) in [5.41, 5.74) is 3.56. The Morgan fingerprint density at radius 2 is 1.85 bits per heavy atom. The first kappa shape index (κ1) is 18.4. The molecule has 0 radical (unpaired) electrons. The molecule has 1 atom stereocenters. The highest BCUT2D eigenvalue weighted by Gasteiger charge is 2.24. The van der Waals surface area contributed by atoms with Crippen LogP contribution >= 0.6 is 0 Å². The first-order valence-electron chi connectivity index (χ1n) is 8.53. The quantitative estimate of drug-likeness (QED) is 0.844. The molecule has 1 aliphatic carbocycles. The summed E-state index contributed by atoms with van der Waals surface area (Å²) in [6.45, 7) is 3.23. The predicted octanol–water partition coefficient (Wildman–Crippen LogP) is 3.61. The summed E-state index contributed by atoms with van der Waals surface area (Å²) < 4.78 is 28.3. The zero-order valence-corrected chi connectivity index (χ0v) is 15.6. The van der Waals surface area contributed by atoms with Crippen LogP contribution in [0.5, 0.6) is 0 Å². The van der Waals surface area contributed by atoms with Gasteiger partial charge >= 0.3 is 0 Å². The number of fused-ring (bicyclic) bond motifs is 1. The van der Waals surface area contributed by atoms with Gasteiger partial charge in [0.2, 0.25) is 15.9 Å². The second-order valence-corrected chi connectivity index (χ2v) is 8.23. The molecule has 0 fully saturated rings. The normalized spacial score (nSPS) is 14.9. The zero-order valence-electron chi connectivity index (χ0n) is 14.8. The molecule has 2 aromatic carbocycles. The summed E-state index contributed by atoms with van der Waals surface area (Å²) in [7, 11) is -3.59. The van der Waals surface area contributed by atoms with Crippen molar-refractivity contribution >= 4 is 27.7 Å². The number of nitrogens with one attached hydrogen (secondary N) is 2. The van der Waals surface area contributed by atoms with Gasteiger partial charge in [0.25, 0.3) is 0 Å². The number of rotatable bonds is 5. The van der Waals surface area contributed by atoms with Gasteiger partial charge in [-0.05, 0) is 54.7 Å². The van der Waals surface area contributed by atoms with Crippen molar-refractivity contribution in [3.8, 4) is 0 Å². The minimum atomic E-state index is -3.59. The molecule has 1 unspecified atom stereocenters. The minimum absolute atomic E-state index is 0.165. The molecule has 136 valence electrons. The van der Waals surface area contributed by atoms with Crippen LogP contribution in [0.2, 0.25) is 0 Å². The molecule has 0 spiro atoms. The van der Waals surface area contributed by atoms with Crippen LogP contribution in [-0.2, 0) is 21.2 Å². The van der Waals surface area contributed by atoms with Crippen molar-refractivity contribution in [1.29, 1.82) is 0 Å². The molecule has 1 amide bonds. The molecule has 0 heterocycles. The number of anilines is 1. The van der Waals surface area contributed by atoms with Crippen molar-refractivity contribution in [2.24, 2.45) is 0 Å². The first-order chi connectivity index (χ1) is 12.3. The van der Waals surface area contributed by atoms with Gasteiger partial charge in [-0.3, -0.25) is 4.79 Å². The summed E-state index contributed by atoms with van der Waals surface area (Å²) in [5, 5.41) is 2.71. The fourth-order valence-corrected chi connectivity index (χ4v) is 4.49. The van der Waals surface area contributed by atoms with E-state index in [0.29, 0.717) is 17.0 Å². The highest BCUT2D eigenvalue weighted by Crippen LogP contribution is 2.28. The van der Waals surface area contributed by atoms with Crippen LogP contribution in [0.4, 0.5) is 5.69 Å². The first-order valence-corrected chi connectivity index (χ1v) is 10.0. The van der Waals surface area contributed by atoms with Crippen LogP contribution in [0.15, 0.2) is 53.4 Å². The highest BCUT2D eigenvalue weighted by molar-refractivity contribution is 7.93. The van der Waals surface area contributed by atoms with E-state index in [1.807, 2.05) is 30.3 Å². The summed E-state index contributed by atoms with van der Waals surface area (Å²) in [4.78, 5) is 11.6. The van der Waals surface area contributed by atoms with Crippen molar-refractivity contribution < 1.29 is 13.2 Å². The smallest absolute Gasteiger partial charge is 0.237 e. The number of carbonyl (C=O) groups is 1. The molecular weight excluding hydrogens is 348 g/mol. The van der Waals surface area contributed by atoms with Gasteiger partial charge in [0, 0.05) is 18.7 Å². The lowest BCUT2D eigenvalue weighted by Gasteiger charge is -2.20. The molecule has 26 heavy (non-hydrogen) atoms. The average molecular weight is 370 g/mol. The third-order valence-corrected chi connectivity index (χ3v) is 6.07. The molecule has 1 aliphatic rings. The maximum Gasteiger partial charge on any atom is 0.237 e. The van der Waals surface area contributed by atoms with E-state index in [-0.39, 0.29) is 5.91 Å². The van der Waals surface area contributed by atoms with E-state index in [0.717, 1.165) is 17.5 Å². The molecule has 5 nitrogen and oxygen atoms in total. The Kier molecular flexibility index (Phi) is 5.25. The van der Waals surface area contributed by atoms with Gasteiger partial charge in [0.1, 0.15) is 0 Å². The molecule has 0 saturated carbocycles. The van der Waals surface area contributed by atoms with Gasteiger partial charge < -0.3 is 5.32 Å². The molecule has 2 aromatic rings. The van der Waals surface area contributed by atoms with Crippen molar-refractivity contribution in [2.45, 2.75) is 32.7 Å². The number of amides is 1. The maximum atomic E-state index is 12.8. The lowest BCUT2D eigenvalue weighted by atomic mass is 9.98. The third-order valence-electron chi connectivity index (χ3n) is 4.40. The van der Waals surface area contributed by atoms with E-state index in [4.69, 9.17) is 0 Å². The van der Waals surface area contributed by atoms with Crippen LogP contribution < -0.4 is 10.0 Å². The van der Waals surface area contributed by atoms with Crippen LogP contribution in [0.25, 0.3) is 6.08 Å². The number of hydrogen-bond donors (Lipinski definition) is 2. The molecular formula is C20H22N2O3S. The molecule has 0 bridgehead atoms. The monoisotopic (exact) mass is 370 g/mol. The molecule has 0 aromatic heterocycles. The third kappa shape index (κ3) is 4.20. The summed E-state index contributed by atoms with van der Waals surface area (Å²) in [6.07, 6.45) is 2.96. The molecule has 6 heteroatoms. The molecule has 0 aliphatic heterocycles. The summed E-state index contributed by atoms with van der Waals surface area (Å²) in [6, 6.07) is 14.6. The maximum absolute atomic E-state index is 12.8. The lowest BCUT2D eigenvalue weighted by Crippen LogP contribution is -2.29. The van der Waals surface area contributed by atoms with E-state index in [2.05, 4.69) is 10.0 Å². The van der Waals surface area contributed by atoms with E-state index < -0.39 is 16.1 Å². The van der Waals surface area contributed by atoms with Crippen LogP contribution in [0.1, 0.15) is 43.0 Å². The number of aryl methyl sites for hydroxylation is 1. The van der Waals surface area contributed by atoms with E-state index in [1.165, 1.54) is 12.5 Å². The van der Waals surface area contributed by atoms with Crippen molar-refractivity contribution in [1.82, 2.24) is 4.72 Å². The second-order valence-electron chi connectivity index (χ2n) is 6.46. The van der Waals surface area contributed by atoms with Gasteiger partial charge in [0.15, 0.2) is 0 Å².